The molecule has 1 aromatic rings. The van der Waals surface area contributed by atoms with Crippen molar-refractivity contribution in [3.05, 3.63) is 34.3 Å². The van der Waals surface area contributed by atoms with Crippen LogP contribution in [0.5, 0.6) is 5.75 Å². The summed E-state index contributed by atoms with van der Waals surface area (Å²) in [7, 11) is 0. The standard InChI is InChI=1S/C14H17BrO3/c1-3-9-18-14(16)8-5-11-10-12(15)6-7-13(11)17-4-2/h5-8,10H,3-4,9H2,1-2H3/b8-5+. The topological polar surface area (TPSA) is 35.5 Å². The number of esters is 1. The van der Waals surface area contributed by atoms with E-state index in [-0.39, 0.29) is 5.97 Å². The molecule has 0 spiro atoms. The Labute approximate surface area is 116 Å². The number of hydrogen-bond acceptors (Lipinski definition) is 3. The normalized spacial score (nSPS) is 10.6. The summed E-state index contributed by atoms with van der Waals surface area (Å²) in [6.07, 6.45) is 3.94. The van der Waals surface area contributed by atoms with Crippen LogP contribution >= 0.6 is 15.9 Å². The lowest BCUT2D eigenvalue weighted by Crippen LogP contribution is -2.01. The van der Waals surface area contributed by atoms with Crippen molar-refractivity contribution in [2.75, 3.05) is 13.2 Å². The Hall–Kier alpha value is -1.29. The SMILES string of the molecule is CCCOC(=O)/C=C/c1cc(Br)ccc1OCC. The highest BCUT2D eigenvalue weighted by Gasteiger charge is 2.02. The minimum Gasteiger partial charge on any atom is -0.493 e. The summed E-state index contributed by atoms with van der Waals surface area (Å²) in [5.41, 5.74) is 0.847. The van der Waals surface area contributed by atoms with Crippen molar-refractivity contribution in [1.29, 1.82) is 0 Å². The first kappa shape index (κ1) is 14.8. The minimum absolute atomic E-state index is 0.334. The van der Waals surface area contributed by atoms with Gasteiger partial charge in [-0.15, -0.1) is 0 Å². The number of carbonyl (C=O) groups excluding carboxylic acids is 1. The first-order chi connectivity index (χ1) is 8.67. The first-order valence-corrected chi connectivity index (χ1v) is 6.73. The first-order valence-electron chi connectivity index (χ1n) is 5.94. The van der Waals surface area contributed by atoms with Gasteiger partial charge in [0.05, 0.1) is 13.2 Å². The molecule has 0 fully saturated rings. The summed E-state index contributed by atoms with van der Waals surface area (Å²) in [4.78, 5) is 11.4. The molecule has 3 nitrogen and oxygen atoms in total. The van der Waals surface area contributed by atoms with E-state index in [0.717, 1.165) is 22.2 Å². The molecule has 0 radical (unpaired) electrons. The number of halogens is 1. The third-order valence-electron chi connectivity index (χ3n) is 2.12. The van der Waals surface area contributed by atoms with E-state index in [1.165, 1.54) is 6.08 Å². The Morgan fingerprint density at radius 3 is 2.83 bits per heavy atom. The Morgan fingerprint density at radius 1 is 1.39 bits per heavy atom. The monoisotopic (exact) mass is 312 g/mol. The maximum atomic E-state index is 11.4. The number of benzene rings is 1. The second kappa shape index (κ2) is 7.93. The lowest BCUT2D eigenvalue weighted by molar-refractivity contribution is -0.137. The molecule has 0 saturated carbocycles. The molecule has 18 heavy (non-hydrogen) atoms. The molecule has 0 aliphatic carbocycles. The molecule has 4 heteroatoms. The van der Waals surface area contributed by atoms with E-state index in [1.807, 2.05) is 32.0 Å². The van der Waals surface area contributed by atoms with Crippen LogP contribution in [0.15, 0.2) is 28.7 Å². The van der Waals surface area contributed by atoms with E-state index in [0.29, 0.717) is 13.2 Å². The summed E-state index contributed by atoms with van der Waals surface area (Å²) >= 11 is 3.39. The minimum atomic E-state index is -0.334. The van der Waals surface area contributed by atoms with E-state index >= 15 is 0 Å². The summed E-state index contributed by atoms with van der Waals surface area (Å²) in [5.74, 6) is 0.416. The van der Waals surface area contributed by atoms with Gasteiger partial charge in [-0.05, 0) is 37.6 Å². The maximum absolute atomic E-state index is 11.4. The maximum Gasteiger partial charge on any atom is 0.330 e. The number of ether oxygens (including phenoxy) is 2. The van der Waals surface area contributed by atoms with Gasteiger partial charge in [0.1, 0.15) is 5.75 Å². The predicted molar refractivity (Wildman–Crippen MR) is 75.6 cm³/mol. The third kappa shape index (κ3) is 4.92. The Kier molecular flexibility index (Phi) is 6.50. The fourth-order valence-electron chi connectivity index (χ4n) is 1.35. The number of carbonyl (C=O) groups is 1. The summed E-state index contributed by atoms with van der Waals surface area (Å²) in [6, 6.07) is 5.66. The lowest BCUT2D eigenvalue weighted by atomic mass is 10.2. The molecule has 0 saturated heterocycles. The third-order valence-corrected chi connectivity index (χ3v) is 2.61. The van der Waals surface area contributed by atoms with Crippen molar-refractivity contribution < 1.29 is 14.3 Å². The summed E-state index contributed by atoms with van der Waals surface area (Å²) in [5, 5.41) is 0. The van der Waals surface area contributed by atoms with Crippen LogP contribution in [0.1, 0.15) is 25.8 Å². The zero-order valence-corrected chi connectivity index (χ0v) is 12.2. The van der Waals surface area contributed by atoms with Crippen LogP contribution < -0.4 is 4.74 Å². The van der Waals surface area contributed by atoms with Gasteiger partial charge >= 0.3 is 5.97 Å². The van der Waals surface area contributed by atoms with Crippen LogP contribution in [-0.2, 0) is 9.53 Å². The van der Waals surface area contributed by atoms with E-state index in [9.17, 15) is 4.79 Å². The molecule has 0 aromatic heterocycles. The molecule has 0 unspecified atom stereocenters. The molecule has 0 atom stereocenters. The van der Waals surface area contributed by atoms with Gasteiger partial charge in [0.2, 0.25) is 0 Å². The van der Waals surface area contributed by atoms with E-state index in [4.69, 9.17) is 9.47 Å². The number of rotatable bonds is 6. The van der Waals surface area contributed by atoms with E-state index in [1.54, 1.807) is 6.08 Å². The Bertz CT molecular complexity index is 427. The van der Waals surface area contributed by atoms with Gasteiger partial charge in [0, 0.05) is 16.1 Å². The molecule has 0 aliphatic heterocycles. The highest BCUT2D eigenvalue weighted by Crippen LogP contribution is 2.24. The van der Waals surface area contributed by atoms with Gasteiger partial charge in [-0.1, -0.05) is 22.9 Å². The number of hydrogen-bond donors (Lipinski definition) is 0. The van der Waals surface area contributed by atoms with Gasteiger partial charge in [-0.2, -0.15) is 0 Å². The average Bonchev–Trinajstić information content (AvgIpc) is 2.36. The average molecular weight is 313 g/mol. The van der Waals surface area contributed by atoms with E-state index in [2.05, 4.69) is 15.9 Å². The molecule has 0 heterocycles. The fraction of sp³-hybridized carbons (Fsp3) is 0.357. The molecule has 0 N–H and O–H groups in total. The van der Waals surface area contributed by atoms with Crippen LogP contribution in [0, 0.1) is 0 Å². The summed E-state index contributed by atoms with van der Waals surface area (Å²) in [6.45, 7) is 4.91. The fourth-order valence-corrected chi connectivity index (χ4v) is 1.72. The smallest absolute Gasteiger partial charge is 0.330 e. The highest BCUT2D eigenvalue weighted by atomic mass is 79.9. The van der Waals surface area contributed by atoms with Crippen molar-refractivity contribution in [3.8, 4) is 5.75 Å². The zero-order valence-electron chi connectivity index (χ0n) is 10.6. The quantitative estimate of drug-likeness (QED) is 0.592. The van der Waals surface area contributed by atoms with Crippen LogP contribution in [-0.4, -0.2) is 19.2 Å². The second-order valence-corrected chi connectivity index (χ2v) is 4.53. The Balaban J connectivity index is 2.78. The predicted octanol–water partition coefficient (Wildman–Crippen LogP) is 3.81. The highest BCUT2D eigenvalue weighted by molar-refractivity contribution is 9.10. The van der Waals surface area contributed by atoms with E-state index < -0.39 is 0 Å². The molecule has 0 bridgehead atoms. The molecule has 0 aliphatic rings. The lowest BCUT2D eigenvalue weighted by Gasteiger charge is -2.07. The Morgan fingerprint density at radius 2 is 2.17 bits per heavy atom. The molecule has 1 rings (SSSR count). The van der Waals surface area contributed by atoms with Gasteiger partial charge in [0.15, 0.2) is 0 Å². The van der Waals surface area contributed by atoms with Gasteiger partial charge in [-0.25, -0.2) is 4.79 Å². The van der Waals surface area contributed by atoms with Gasteiger partial charge in [-0.3, -0.25) is 0 Å². The largest absolute Gasteiger partial charge is 0.493 e. The van der Waals surface area contributed by atoms with Gasteiger partial charge in [0.25, 0.3) is 0 Å². The van der Waals surface area contributed by atoms with Crippen molar-refractivity contribution in [2.24, 2.45) is 0 Å². The second-order valence-electron chi connectivity index (χ2n) is 3.62. The van der Waals surface area contributed by atoms with Crippen LogP contribution in [0.4, 0.5) is 0 Å². The van der Waals surface area contributed by atoms with Crippen LogP contribution in [0.2, 0.25) is 0 Å². The van der Waals surface area contributed by atoms with Crippen LogP contribution in [0.3, 0.4) is 0 Å². The van der Waals surface area contributed by atoms with Crippen molar-refractivity contribution in [1.82, 2.24) is 0 Å². The van der Waals surface area contributed by atoms with Crippen molar-refractivity contribution in [3.63, 3.8) is 0 Å². The van der Waals surface area contributed by atoms with Crippen LogP contribution in [0.25, 0.3) is 6.08 Å². The van der Waals surface area contributed by atoms with Crippen molar-refractivity contribution >= 4 is 28.0 Å². The van der Waals surface area contributed by atoms with Crippen molar-refractivity contribution in [2.45, 2.75) is 20.3 Å². The summed E-state index contributed by atoms with van der Waals surface area (Å²) < 4.78 is 11.4. The molecular weight excluding hydrogens is 296 g/mol. The zero-order chi connectivity index (χ0) is 13.4. The molecule has 98 valence electrons. The molecule has 1 aromatic carbocycles. The van der Waals surface area contributed by atoms with Gasteiger partial charge < -0.3 is 9.47 Å². The molecular formula is C14H17BrO3. The molecule has 0 amide bonds.